The molecule has 6 nitrogen and oxygen atoms in total. The van der Waals surface area contributed by atoms with E-state index in [4.69, 9.17) is 9.47 Å². The number of esters is 1. The molecule has 108 valence electrons. The van der Waals surface area contributed by atoms with Gasteiger partial charge in [-0.15, -0.1) is 0 Å². The van der Waals surface area contributed by atoms with E-state index in [1.165, 1.54) is 7.11 Å². The summed E-state index contributed by atoms with van der Waals surface area (Å²) in [6.07, 6.45) is 1.67. The minimum atomic E-state index is -0.435. The lowest BCUT2D eigenvalue weighted by molar-refractivity contribution is 0.0597. The highest BCUT2D eigenvalue weighted by Crippen LogP contribution is 2.22. The topological polar surface area (TPSA) is 64.9 Å². The third-order valence-electron chi connectivity index (χ3n) is 3.11. The van der Waals surface area contributed by atoms with Crippen LogP contribution in [-0.2, 0) is 11.2 Å². The molecular formula is C14H19N3O3. The number of nitrogens with one attached hydrogen (secondary N) is 1. The lowest BCUT2D eigenvalue weighted by Gasteiger charge is -2.07. The van der Waals surface area contributed by atoms with Crippen molar-refractivity contribution in [2.75, 3.05) is 27.8 Å². The van der Waals surface area contributed by atoms with E-state index < -0.39 is 5.97 Å². The molecule has 2 aromatic rings. The molecule has 0 fully saturated rings. The first-order chi connectivity index (χ1) is 9.72. The molecular weight excluding hydrogens is 258 g/mol. The van der Waals surface area contributed by atoms with Crippen molar-refractivity contribution in [3.8, 4) is 5.88 Å². The number of carbonyl (C=O) groups excluding carboxylic acids is 1. The van der Waals surface area contributed by atoms with Gasteiger partial charge in [0.1, 0.15) is 5.82 Å². The standard InChI is InChI=1S/C14H19N3O3/c1-15-9-5-7-11-16-13(14(18)20-3)10-6-4-8-12(19-2)17(10)11/h4,6,8,15H,5,7,9H2,1-3H3. The zero-order valence-corrected chi connectivity index (χ0v) is 12.0. The first-order valence-corrected chi connectivity index (χ1v) is 6.50. The van der Waals surface area contributed by atoms with Gasteiger partial charge >= 0.3 is 5.97 Å². The molecule has 0 aliphatic carbocycles. The van der Waals surface area contributed by atoms with Crippen LogP contribution < -0.4 is 10.1 Å². The van der Waals surface area contributed by atoms with E-state index in [0.717, 1.165) is 25.2 Å². The van der Waals surface area contributed by atoms with Gasteiger partial charge in [0.15, 0.2) is 11.6 Å². The second-order valence-corrected chi connectivity index (χ2v) is 4.36. The van der Waals surface area contributed by atoms with E-state index in [1.807, 2.05) is 29.6 Å². The molecule has 0 aliphatic rings. The average molecular weight is 277 g/mol. The lowest BCUT2D eigenvalue weighted by Crippen LogP contribution is -2.09. The lowest BCUT2D eigenvalue weighted by atomic mass is 10.3. The summed E-state index contributed by atoms with van der Waals surface area (Å²) in [5.41, 5.74) is 1.03. The van der Waals surface area contributed by atoms with Crippen LogP contribution in [-0.4, -0.2) is 43.2 Å². The zero-order chi connectivity index (χ0) is 14.5. The van der Waals surface area contributed by atoms with Crippen LogP contribution in [0.3, 0.4) is 0 Å². The molecule has 0 unspecified atom stereocenters. The molecule has 0 spiro atoms. The van der Waals surface area contributed by atoms with Crippen LogP contribution in [0.4, 0.5) is 0 Å². The van der Waals surface area contributed by atoms with Crippen molar-refractivity contribution in [1.29, 1.82) is 0 Å². The number of nitrogens with zero attached hydrogens (tertiary/aromatic N) is 2. The second kappa shape index (κ2) is 6.38. The number of aromatic nitrogens is 2. The number of fused-ring (bicyclic) bond motifs is 1. The molecule has 0 bridgehead atoms. The summed E-state index contributed by atoms with van der Waals surface area (Å²) in [6, 6.07) is 5.51. The monoisotopic (exact) mass is 277 g/mol. The van der Waals surface area contributed by atoms with E-state index in [9.17, 15) is 4.79 Å². The van der Waals surface area contributed by atoms with Crippen molar-refractivity contribution in [1.82, 2.24) is 14.7 Å². The van der Waals surface area contributed by atoms with Gasteiger partial charge < -0.3 is 14.8 Å². The number of hydrogen-bond acceptors (Lipinski definition) is 5. The normalized spacial score (nSPS) is 10.8. The maximum atomic E-state index is 11.8. The Hall–Kier alpha value is -2.08. The van der Waals surface area contributed by atoms with Crippen molar-refractivity contribution in [3.05, 3.63) is 29.7 Å². The third-order valence-corrected chi connectivity index (χ3v) is 3.11. The van der Waals surface area contributed by atoms with Gasteiger partial charge in [0, 0.05) is 6.42 Å². The Labute approximate surface area is 117 Å². The largest absolute Gasteiger partial charge is 0.482 e. The van der Waals surface area contributed by atoms with Crippen LogP contribution in [0.1, 0.15) is 22.7 Å². The Bertz CT molecular complexity index is 607. The number of ether oxygens (including phenoxy) is 2. The Morgan fingerprint density at radius 2 is 2.20 bits per heavy atom. The maximum absolute atomic E-state index is 11.8. The van der Waals surface area contributed by atoms with Gasteiger partial charge in [0.2, 0.25) is 0 Å². The van der Waals surface area contributed by atoms with Gasteiger partial charge in [-0.2, -0.15) is 0 Å². The number of aryl methyl sites for hydroxylation is 1. The number of rotatable bonds is 6. The van der Waals surface area contributed by atoms with Crippen LogP contribution in [0, 0.1) is 0 Å². The highest BCUT2D eigenvalue weighted by atomic mass is 16.5. The molecule has 0 radical (unpaired) electrons. The molecule has 0 saturated heterocycles. The zero-order valence-electron chi connectivity index (χ0n) is 12.0. The molecule has 2 heterocycles. The number of pyridine rings is 1. The van der Waals surface area contributed by atoms with Crippen molar-refractivity contribution in [2.45, 2.75) is 12.8 Å². The summed E-state index contributed by atoms with van der Waals surface area (Å²) < 4.78 is 12.0. The summed E-state index contributed by atoms with van der Waals surface area (Å²) in [7, 11) is 4.86. The fraction of sp³-hybridized carbons (Fsp3) is 0.429. The van der Waals surface area contributed by atoms with E-state index >= 15 is 0 Å². The molecule has 20 heavy (non-hydrogen) atoms. The number of methoxy groups -OCH3 is 2. The summed E-state index contributed by atoms with van der Waals surface area (Å²) in [4.78, 5) is 16.2. The van der Waals surface area contributed by atoms with Gasteiger partial charge in [-0.05, 0) is 32.1 Å². The van der Waals surface area contributed by atoms with E-state index in [0.29, 0.717) is 17.1 Å². The third kappa shape index (κ3) is 2.60. The van der Waals surface area contributed by atoms with Gasteiger partial charge in [-0.25, -0.2) is 9.78 Å². The Balaban J connectivity index is 2.51. The fourth-order valence-electron chi connectivity index (χ4n) is 2.17. The highest BCUT2D eigenvalue weighted by Gasteiger charge is 2.19. The molecule has 0 aliphatic heterocycles. The average Bonchev–Trinajstić information content (AvgIpc) is 2.86. The first kappa shape index (κ1) is 14.3. The minimum Gasteiger partial charge on any atom is -0.482 e. The van der Waals surface area contributed by atoms with Crippen LogP contribution in [0.25, 0.3) is 5.52 Å². The van der Waals surface area contributed by atoms with Crippen molar-refractivity contribution >= 4 is 11.5 Å². The molecule has 0 amide bonds. The molecule has 0 saturated carbocycles. The summed E-state index contributed by atoms with van der Waals surface area (Å²) in [5, 5.41) is 3.10. The molecule has 0 aromatic carbocycles. The summed E-state index contributed by atoms with van der Waals surface area (Å²) in [5.74, 6) is 1.02. The van der Waals surface area contributed by atoms with Crippen molar-refractivity contribution < 1.29 is 14.3 Å². The van der Waals surface area contributed by atoms with Crippen LogP contribution in [0.15, 0.2) is 18.2 Å². The maximum Gasteiger partial charge on any atom is 0.358 e. The van der Waals surface area contributed by atoms with E-state index in [1.54, 1.807) is 7.11 Å². The van der Waals surface area contributed by atoms with Gasteiger partial charge in [0.25, 0.3) is 0 Å². The Morgan fingerprint density at radius 3 is 2.85 bits per heavy atom. The summed E-state index contributed by atoms with van der Waals surface area (Å²) >= 11 is 0. The van der Waals surface area contributed by atoms with Crippen LogP contribution in [0.5, 0.6) is 5.88 Å². The van der Waals surface area contributed by atoms with Crippen molar-refractivity contribution in [2.24, 2.45) is 0 Å². The van der Waals surface area contributed by atoms with Crippen LogP contribution >= 0.6 is 0 Å². The predicted molar refractivity (Wildman–Crippen MR) is 75.3 cm³/mol. The SMILES string of the molecule is CNCCCc1nc(C(=O)OC)c2cccc(OC)n12. The smallest absolute Gasteiger partial charge is 0.358 e. The molecule has 0 atom stereocenters. The van der Waals surface area contributed by atoms with Gasteiger partial charge in [-0.1, -0.05) is 6.07 Å². The summed E-state index contributed by atoms with van der Waals surface area (Å²) in [6.45, 7) is 0.887. The van der Waals surface area contributed by atoms with Gasteiger partial charge in [-0.3, -0.25) is 4.40 Å². The number of carbonyl (C=O) groups is 1. The number of hydrogen-bond donors (Lipinski definition) is 1. The highest BCUT2D eigenvalue weighted by molar-refractivity contribution is 5.95. The minimum absolute atomic E-state index is 0.325. The predicted octanol–water partition coefficient (Wildman–Crippen LogP) is 1.28. The molecule has 1 N–H and O–H groups in total. The van der Waals surface area contributed by atoms with E-state index in [-0.39, 0.29) is 0 Å². The number of imidazole rings is 1. The molecule has 6 heteroatoms. The Kier molecular flexibility index (Phi) is 4.57. The second-order valence-electron chi connectivity index (χ2n) is 4.36. The molecule has 2 rings (SSSR count). The van der Waals surface area contributed by atoms with Gasteiger partial charge in [0.05, 0.1) is 19.7 Å². The Morgan fingerprint density at radius 1 is 1.40 bits per heavy atom. The van der Waals surface area contributed by atoms with E-state index in [2.05, 4.69) is 10.3 Å². The van der Waals surface area contributed by atoms with Crippen LogP contribution in [0.2, 0.25) is 0 Å². The molecule has 2 aromatic heterocycles. The quantitative estimate of drug-likeness (QED) is 0.636. The first-order valence-electron chi connectivity index (χ1n) is 6.50. The van der Waals surface area contributed by atoms with Crippen molar-refractivity contribution in [3.63, 3.8) is 0 Å². The fourth-order valence-corrected chi connectivity index (χ4v) is 2.17.